The van der Waals surface area contributed by atoms with Crippen molar-refractivity contribution in [2.24, 2.45) is 0 Å². The maximum atomic E-state index is 11.7. The van der Waals surface area contributed by atoms with Gasteiger partial charge in [0.1, 0.15) is 0 Å². The standard InChI is InChI=1S/C14H14ClN3O/c15-11-5-7-12(8-6-11)18-14(19)17-9-10-3-1-2-4-13(10)16/h1-8H,9,16H2,(H2,17,18,19). The van der Waals surface area contributed by atoms with Crippen LogP contribution < -0.4 is 16.4 Å². The summed E-state index contributed by atoms with van der Waals surface area (Å²) in [5.41, 5.74) is 8.02. The molecule has 0 unspecified atom stereocenters. The zero-order chi connectivity index (χ0) is 13.7. The van der Waals surface area contributed by atoms with E-state index in [1.165, 1.54) is 0 Å². The third kappa shape index (κ3) is 3.89. The minimum absolute atomic E-state index is 0.287. The van der Waals surface area contributed by atoms with Crippen LogP contribution in [0.2, 0.25) is 5.02 Å². The molecular formula is C14H14ClN3O. The first-order valence-electron chi connectivity index (χ1n) is 5.79. The van der Waals surface area contributed by atoms with Crippen LogP contribution in [0, 0.1) is 0 Å². The lowest BCUT2D eigenvalue weighted by molar-refractivity contribution is 0.252. The number of benzene rings is 2. The Bertz CT molecular complexity index is 569. The van der Waals surface area contributed by atoms with Crippen LogP contribution in [0.3, 0.4) is 0 Å². The molecule has 2 amide bonds. The molecule has 4 N–H and O–H groups in total. The van der Waals surface area contributed by atoms with Gasteiger partial charge >= 0.3 is 6.03 Å². The average molecular weight is 276 g/mol. The highest BCUT2D eigenvalue weighted by atomic mass is 35.5. The summed E-state index contributed by atoms with van der Waals surface area (Å²) in [4.78, 5) is 11.7. The predicted octanol–water partition coefficient (Wildman–Crippen LogP) is 3.24. The number of nitrogens with two attached hydrogens (primary N) is 1. The van der Waals surface area contributed by atoms with Gasteiger partial charge in [-0.1, -0.05) is 29.8 Å². The Kier molecular flexibility index (Phi) is 4.26. The van der Waals surface area contributed by atoms with Gasteiger partial charge in [-0.05, 0) is 35.9 Å². The number of nitrogens with one attached hydrogen (secondary N) is 2. The Labute approximate surface area is 116 Å². The van der Waals surface area contributed by atoms with Crippen molar-refractivity contribution in [3.05, 3.63) is 59.1 Å². The third-order valence-electron chi connectivity index (χ3n) is 2.60. The van der Waals surface area contributed by atoms with Crippen molar-refractivity contribution < 1.29 is 4.79 Å². The molecule has 0 saturated heterocycles. The molecule has 0 aromatic heterocycles. The molecule has 98 valence electrons. The number of hydrogen-bond donors (Lipinski definition) is 3. The summed E-state index contributed by atoms with van der Waals surface area (Å²) in [5, 5.41) is 6.08. The molecule has 4 nitrogen and oxygen atoms in total. The van der Waals surface area contributed by atoms with E-state index in [2.05, 4.69) is 10.6 Å². The highest BCUT2D eigenvalue weighted by molar-refractivity contribution is 6.30. The molecule has 5 heteroatoms. The summed E-state index contributed by atoms with van der Waals surface area (Å²) in [6, 6.07) is 14.0. The molecule has 0 aliphatic heterocycles. The molecule has 0 aliphatic rings. The second kappa shape index (κ2) is 6.11. The number of anilines is 2. The summed E-state index contributed by atoms with van der Waals surface area (Å²) < 4.78 is 0. The molecule has 0 saturated carbocycles. The van der Waals surface area contributed by atoms with E-state index in [0.717, 1.165) is 5.56 Å². The smallest absolute Gasteiger partial charge is 0.319 e. The highest BCUT2D eigenvalue weighted by Crippen LogP contribution is 2.13. The molecule has 0 radical (unpaired) electrons. The number of urea groups is 1. The Morgan fingerprint density at radius 3 is 2.47 bits per heavy atom. The fourth-order valence-electron chi connectivity index (χ4n) is 1.58. The van der Waals surface area contributed by atoms with E-state index in [0.29, 0.717) is 22.9 Å². The van der Waals surface area contributed by atoms with Crippen molar-refractivity contribution in [3.8, 4) is 0 Å². The molecular weight excluding hydrogens is 262 g/mol. The number of carbonyl (C=O) groups is 1. The van der Waals surface area contributed by atoms with E-state index >= 15 is 0 Å². The number of para-hydroxylation sites is 1. The van der Waals surface area contributed by atoms with Gasteiger partial charge < -0.3 is 16.4 Å². The molecule has 2 aromatic carbocycles. The largest absolute Gasteiger partial charge is 0.398 e. The molecule has 0 aliphatic carbocycles. The highest BCUT2D eigenvalue weighted by Gasteiger charge is 2.03. The number of amides is 2. The van der Waals surface area contributed by atoms with Crippen molar-refractivity contribution in [3.63, 3.8) is 0 Å². The second-order valence-corrected chi connectivity index (χ2v) is 4.45. The van der Waals surface area contributed by atoms with E-state index < -0.39 is 0 Å². The fourth-order valence-corrected chi connectivity index (χ4v) is 1.71. The van der Waals surface area contributed by atoms with Gasteiger partial charge in [-0.15, -0.1) is 0 Å². The number of rotatable bonds is 3. The van der Waals surface area contributed by atoms with Gasteiger partial charge in [0, 0.05) is 22.9 Å². The molecule has 2 aromatic rings. The van der Waals surface area contributed by atoms with Crippen LogP contribution in [-0.4, -0.2) is 6.03 Å². The van der Waals surface area contributed by atoms with Crippen LogP contribution in [0.5, 0.6) is 0 Å². The molecule has 0 atom stereocenters. The van der Waals surface area contributed by atoms with Crippen LogP contribution in [0.15, 0.2) is 48.5 Å². The van der Waals surface area contributed by atoms with Gasteiger partial charge in [0.15, 0.2) is 0 Å². The van der Waals surface area contributed by atoms with Gasteiger partial charge in [-0.2, -0.15) is 0 Å². The molecule has 0 spiro atoms. The summed E-state index contributed by atoms with van der Waals surface area (Å²) in [5.74, 6) is 0. The maximum Gasteiger partial charge on any atom is 0.319 e. The second-order valence-electron chi connectivity index (χ2n) is 4.01. The van der Waals surface area contributed by atoms with Crippen molar-refractivity contribution >= 4 is 29.0 Å². The molecule has 0 fully saturated rings. The number of carbonyl (C=O) groups excluding carboxylic acids is 1. The van der Waals surface area contributed by atoms with Crippen LogP contribution in [0.1, 0.15) is 5.56 Å². The lowest BCUT2D eigenvalue weighted by Gasteiger charge is -2.09. The minimum Gasteiger partial charge on any atom is -0.398 e. The Balaban J connectivity index is 1.88. The average Bonchev–Trinajstić information content (AvgIpc) is 2.40. The van der Waals surface area contributed by atoms with E-state index in [1.54, 1.807) is 30.3 Å². The van der Waals surface area contributed by atoms with Gasteiger partial charge in [0.2, 0.25) is 0 Å². The van der Waals surface area contributed by atoms with Crippen molar-refractivity contribution in [2.45, 2.75) is 6.54 Å². The summed E-state index contributed by atoms with van der Waals surface area (Å²) in [7, 11) is 0. The number of nitrogen functional groups attached to an aromatic ring is 1. The SMILES string of the molecule is Nc1ccccc1CNC(=O)Nc1ccc(Cl)cc1. The maximum absolute atomic E-state index is 11.7. The normalized spacial score (nSPS) is 9.95. The van der Waals surface area contributed by atoms with E-state index in [4.69, 9.17) is 17.3 Å². The third-order valence-corrected chi connectivity index (χ3v) is 2.85. The van der Waals surface area contributed by atoms with Crippen molar-refractivity contribution in [1.29, 1.82) is 0 Å². The zero-order valence-corrected chi connectivity index (χ0v) is 10.9. The molecule has 19 heavy (non-hydrogen) atoms. The lowest BCUT2D eigenvalue weighted by atomic mass is 10.2. The first-order valence-corrected chi connectivity index (χ1v) is 6.17. The van der Waals surface area contributed by atoms with Crippen LogP contribution in [-0.2, 0) is 6.54 Å². The van der Waals surface area contributed by atoms with Crippen LogP contribution >= 0.6 is 11.6 Å². The van der Waals surface area contributed by atoms with Gasteiger partial charge in [0.05, 0.1) is 0 Å². The molecule has 0 heterocycles. The first kappa shape index (κ1) is 13.2. The minimum atomic E-state index is -0.287. The van der Waals surface area contributed by atoms with Gasteiger partial charge in [-0.25, -0.2) is 4.79 Å². The fraction of sp³-hybridized carbons (Fsp3) is 0.0714. The summed E-state index contributed by atoms with van der Waals surface area (Å²) in [6.45, 7) is 0.381. The number of hydrogen-bond acceptors (Lipinski definition) is 2. The van der Waals surface area contributed by atoms with Gasteiger partial charge in [-0.3, -0.25) is 0 Å². The van der Waals surface area contributed by atoms with Crippen LogP contribution in [0.4, 0.5) is 16.2 Å². The first-order chi connectivity index (χ1) is 9.15. The lowest BCUT2D eigenvalue weighted by Crippen LogP contribution is -2.28. The summed E-state index contributed by atoms with van der Waals surface area (Å²) in [6.07, 6.45) is 0. The van der Waals surface area contributed by atoms with E-state index in [-0.39, 0.29) is 6.03 Å². The Hall–Kier alpha value is -2.20. The van der Waals surface area contributed by atoms with Crippen molar-refractivity contribution in [2.75, 3.05) is 11.1 Å². The quantitative estimate of drug-likeness (QED) is 0.753. The number of halogens is 1. The van der Waals surface area contributed by atoms with E-state index in [1.807, 2.05) is 18.2 Å². The van der Waals surface area contributed by atoms with Crippen LogP contribution in [0.25, 0.3) is 0 Å². The zero-order valence-electron chi connectivity index (χ0n) is 10.2. The summed E-state index contributed by atoms with van der Waals surface area (Å²) >= 11 is 5.76. The Morgan fingerprint density at radius 1 is 1.11 bits per heavy atom. The molecule has 0 bridgehead atoms. The van der Waals surface area contributed by atoms with E-state index in [9.17, 15) is 4.79 Å². The Morgan fingerprint density at radius 2 is 1.79 bits per heavy atom. The predicted molar refractivity (Wildman–Crippen MR) is 78.2 cm³/mol. The topological polar surface area (TPSA) is 67.1 Å². The van der Waals surface area contributed by atoms with Crippen molar-refractivity contribution in [1.82, 2.24) is 5.32 Å². The monoisotopic (exact) mass is 275 g/mol. The van der Waals surface area contributed by atoms with Gasteiger partial charge in [0.25, 0.3) is 0 Å². The molecule has 2 rings (SSSR count).